The quantitative estimate of drug-likeness (QED) is 0.936. The summed E-state index contributed by atoms with van der Waals surface area (Å²) in [5.41, 5.74) is 1.29. The van der Waals surface area contributed by atoms with Crippen LogP contribution in [0.25, 0.3) is 10.2 Å². The molecule has 1 aliphatic heterocycles. The van der Waals surface area contributed by atoms with Crippen LogP contribution in [0.4, 0.5) is 5.82 Å². The number of thiophene rings is 1. The molecule has 3 heterocycles. The number of ether oxygens (including phenoxy) is 1. The van der Waals surface area contributed by atoms with Crippen molar-refractivity contribution in [3.8, 4) is 0 Å². The molecule has 1 fully saturated rings. The predicted octanol–water partition coefficient (Wildman–Crippen LogP) is 3.54. The van der Waals surface area contributed by atoms with E-state index in [1.807, 2.05) is 0 Å². The standard InChI is InChI=1S/C15H21N3OS/c1-4-12-11(5-6-19-12)7-16-14-13-9(2)10(3)20-15(13)18-8-17-14/h8,11-12H,4-7H2,1-3H3,(H,16,17,18). The fourth-order valence-electron chi connectivity index (χ4n) is 2.92. The van der Waals surface area contributed by atoms with Crippen LogP contribution in [0.2, 0.25) is 0 Å². The first-order chi connectivity index (χ1) is 9.70. The zero-order valence-corrected chi connectivity index (χ0v) is 13.1. The Labute approximate surface area is 123 Å². The molecule has 0 spiro atoms. The van der Waals surface area contributed by atoms with Gasteiger partial charge in [0.1, 0.15) is 17.0 Å². The lowest BCUT2D eigenvalue weighted by Gasteiger charge is -2.17. The summed E-state index contributed by atoms with van der Waals surface area (Å²) in [4.78, 5) is 11.2. The first-order valence-corrected chi connectivity index (χ1v) is 8.08. The second-order valence-electron chi connectivity index (χ2n) is 5.43. The number of fused-ring (bicyclic) bond motifs is 1. The first kappa shape index (κ1) is 13.8. The Morgan fingerprint density at radius 1 is 1.40 bits per heavy atom. The van der Waals surface area contributed by atoms with Crippen LogP contribution in [0.15, 0.2) is 6.33 Å². The largest absolute Gasteiger partial charge is 0.378 e. The van der Waals surface area contributed by atoms with Gasteiger partial charge in [-0.25, -0.2) is 9.97 Å². The molecule has 4 nitrogen and oxygen atoms in total. The zero-order valence-electron chi connectivity index (χ0n) is 12.3. The number of nitrogens with zero attached hydrogens (tertiary/aromatic N) is 2. The van der Waals surface area contributed by atoms with Crippen LogP contribution in [0.5, 0.6) is 0 Å². The molecule has 1 saturated heterocycles. The molecular formula is C15H21N3OS. The van der Waals surface area contributed by atoms with Crippen LogP contribution < -0.4 is 5.32 Å². The average Bonchev–Trinajstić information content (AvgIpc) is 3.02. The molecule has 3 rings (SSSR count). The lowest BCUT2D eigenvalue weighted by molar-refractivity contribution is 0.0900. The molecule has 2 aromatic heterocycles. The lowest BCUT2D eigenvalue weighted by Crippen LogP contribution is -2.23. The number of aryl methyl sites for hydroxylation is 2. The van der Waals surface area contributed by atoms with Crippen molar-refractivity contribution in [3.05, 3.63) is 16.8 Å². The molecule has 0 saturated carbocycles. The fraction of sp³-hybridized carbons (Fsp3) is 0.600. The van der Waals surface area contributed by atoms with Gasteiger partial charge in [0, 0.05) is 23.9 Å². The number of aromatic nitrogens is 2. The first-order valence-electron chi connectivity index (χ1n) is 7.26. The van der Waals surface area contributed by atoms with Crippen molar-refractivity contribution < 1.29 is 4.74 Å². The Morgan fingerprint density at radius 2 is 2.25 bits per heavy atom. The van der Waals surface area contributed by atoms with Gasteiger partial charge in [0.2, 0.25) is 0 Å². The van der Waals surface area contributed by atoms with E-state index in [1.165, 1.54) is 15.8 Å². The van der Waals surface area contributed by atoms with Gasteiger partial charge in [0.05, 0.1) is 11.5 Å². The predicted molar refractivity (Wildman–Crippen MR) is 83.5 cm³/mol. The smallest absolute Gasteiger partial charge is 0.138 e. The Hall–Kier alpha value is -1.20. The molecule has 108 valence electrons. The third-order valence-corrected chi connectivity index (χ3v) is 5.36. The molecule has 0 aliphatic carbocycles. The van der Waals surface area contributed by atoms with Gasteiger partial charge in [-0.05, 0) is 32.3 Å². The average molecular weight is 291 g/mol. The minimum Gasteiger partial charge on any atom is -0.378 e. The van der Waals surface area contributed by atoms with Gasteiger partial charge in [-0.15, -0.1) is 11.3 Å². The molecule has 2 aromatic rings. The Morgan fingerprint density at radius 3 is 3.05 bits per heavy atom. The van der Waals surface area contributed by atoms with Crippen molar-refractivity contribution in [3.63, 3.8) is 0 Å². The van der Waals surface area contributed by atoms with Crippen molar-refractivity contribution in [2.45, 2.75) is 39.7 Å². The highest BCUT2D eigenvalue weighted by Crippen LogP contribution is 2.33. The molecule has 1 aliphatic rings. The van der Waals surface area contributed by atoms with Gasteiger partial charge in [0.25, 0.3) is 0 Å². The van der Waals surface area contributed by atoms with Gasteiger partial charge in [-0.3, -0.25) is 0 Å². The van der Waals surface area contributed by atoms with Crippen LogP contribution in [-0.2, 0) is 4.74 Å². The minimum atomic E-state index is 0.394. The van der Waals surface area contributed by atoms with Gasteiger partial charge in [-0.2, -0.15) is 0 Å². The van der Waals surface area contributed by atoms with Crippen LogP contribution in [0.1, 0.15) is 30.2 Å². The van der Waals surface area contributed by atoms with Crippen molar-refractivity contribution >= 4 is 27.4 Å². The van der Waals surface area contributed by atoms with Gasteiger partial charge in [-0.1, -0.05) is 6.92 Å². The van der Waals surface area contributed by atoms with Crippen molar-refractivity contribution in [2.75, 3.05) is 18.5 Å². The molecule has 0 amide bonds. The molecule has 2 atom stereocenters. The van der Waals surface area contributed by atoms with E-state index >= 15 is 0 Å². The number of anilines is 1. The number of rotatable bonds is 4. The fourth-order valence-corrected chi connectivity index (χ4v) is 3.92. The molecular weight excluding hydrogens is 270 g/mol. The van der Waals surface area contributed by atoms with Crippen LogP contribution in [-0.4, -0.2) is 29.2 Å². The van der Waals surface area contributed by atoms with E-state index < -0.39 is 0 Å². The highest BCUT2D eigenvalue weighted by Gasteiger charge is 2.26. The van der Waals surface area contributed by atoms with E-state index in [1.54, 1.807) is 17.7 Å². The Balaban J connectivity index is 1.81. The molecule has 0 radical (unpaired) electrons. The summed E-state index contributed by atoms with van der Waals surface area (Å²) < 4.78 is 5.75. The second-order valence-corrected chi connectivity index (χ2v) is 6.64. The zero-order chi connectivity index (χ0) is 14.1. The summed E-state index contributed by atoms with van der Waals surface area (Å²) in [6.45, 7) is 8.30. The van der Waals surface area contributed by atoms with Crippen molar-refractivity contribution in [1.29, 1.82) is 0 Å². The maximum absolute atomic E-state index is 5.75. The molecule has 2 unspecified atom stereocenters. The molecule has 0 aromatic carbocycles. The third-order valence-electron chi connectivity index (χ3n) is 4.25. The van der Waals surface area contributed by atoms with Crippen LogP contribution in [0, 0.1) is 19.8 Å². The maximum atomic E-state index is 5.75. The molecule has 0 bridgehead atoms. The van der Waals surface area contributed by atoms with Crippen molar-refractivity contribution in [2.24, 2.45) is 5.92 Å². The van der Waals surface area contributed by atoms with Crippen LogP contribution in [0.3, 0.4) is 0 Å². The summed E-state index contributed by atoms with van der Waals surface area (Å²) in [5, 5.41) is 4.71. The van der Waals surface area contributed by atoms with Gasteiger partial charge >= 0.3 is 0 Å². The number of hydrogen-bond donors (Lipinski definition) is 1. The normalized spacial score (nSPS) is 22.6. The summed E-state index contributed by atoms with van der Waals surface area (Å²) in [7, 11) is 0. The van der Waals surface area contributed by atoms with E-state index in [-0.39, 0.29) is 0 Å². The topological polar surface area (TPSA) is 47.0 Å². The second kappa shape index (κ2) is 5.66. The minimum absolute atomic E-state index is 0.394. The summed E-state index contributed by atoms with van der Waals surface area (Å²) >= 11 is 1.74. The number of hydrogen-bond acceptors (Lipinski definition) is 5. The van der Waals surface area contributed by atoms with Crippen LogP contribution >= 0.6 is 11.3 Å². The molecule has 5 heteroatoms. The summed E-state index contributed by atoms with van der Waals surface area (Å²) in [6, 6.07) is 0. The van der Waals surface area contributed by atoms with E-state index in [9.17, 15) is 0 Å². The highest BCUT2D eigenvalue weighted by molar-refractivity contribution is 7.18. The monoisotopic (exact) mass is 291 g/mol. The van der Waals surface area contributed by atoms with E-state index in [0.29, 0.717) is 12.0 Å². The lowest BCUT2D eigenvalue weighted by atomic mass is 10.00. The van der Waals surface area contributed by atoms with Crippen molar-refractivity contribution in [1.82, 2.24) is 9.97 Å². The maximum Gasteiger partial charge on any atom is 0.138 e. The van der Waals surface area contributed by atoms with Gasteiger partial charge < -0.3 is 10.1 Å². The van der Waals surface area contributed by atoms with E-state index in [0.717, 1.165) is 36.6 Å². The van der Waals surface area contributed by atoms with E-state index in [2.05, 4.69) is 36.1 Å². The third kappa shape index (κ3) is 2.40. The van der Waals surface area contributed by atoms with Gasteiger partial charge in [0.15, 0.2) is 0 Å². The highest BCUT2D eigenvalue weighted by atomic mass is 32.1. The Bertz CT molecular complexity index is 610. The number of nitrogens with one attached hydrogen (secondary N) is 1. The Kier molecular flexibility index (Phi) is 3.89. The molecule has 1 N–H and O–H groups in total. The van der Waals surface area contributed by atoms with E-state index in [4.69, 9.17) is 4.74 Å². The SMILES string of the molecule is CCC1OCCC1CNc1ncnc2sc(C)c(C)c12. The molecule has 20 heavy (non-hydrogen) atoms. The summed E-state index contributed by atoms with van der Waals surface area (Å²) in [5.74, 6) is 1.56. The summed E-state index contributed by atoms with van der Waals surface area (Å²) in [6.07, 6.45) is 4.27.